The fourth-order valence-corrected chi connectivity index (χ4v) is 7.62. The minimum absolute atomic E-state index is 0.653. The fourth-order valence-electron chi connectivity index (χ4n) is 7.62. The molecule has 1 heterocycles. The fraction of sp³-hybridized carbons (Fsp3) is 0. The largest absolute Gasteiger partial charge is 0.208 e. The minimum atomic E-state index is 0.653. The molecule has 0 aliphatic carbocycles. The quantitative estimate of drug-likeness (QED) is 0.187. The summed E-state index contributed by atoms with van der Waals surface area (Å²) >= 11 is 0. The third-order valence-electron chi connectivity index (χ3n) is 9.69. The molecule has 9 aromatic carbocycles. The first-order chi connectivity index (χ1) is 23.8. The topological polar surface area (TPSA) is 38.7 Å². The van der Waals surface area contributed by atoms with E-state index in [-0.39, 0.29) is 0 Å². The van der Waals surface area contributed by atoms with Gasteiger partial charge in [0.05, 0.1) is 0 Å². The van der Waals surface area contributed by atoms with Gasteiger partial charge in [-0.1, -0.05) is 164 Å². The molecule has 0 fully saturated rings. The van der Waals surface area contributed by atoms with E-state index in [9.17, 15) is 0 Å². The number of rotatable bonds is 3. The Morgan fingerprint density at radius 2 is 0.521 bits per heavy atom. The van der Waals surface area contributed by atoms with Gasteiger partial charge in [0.15, 0.2) is 17.5 Å². The van der Waals surface area contributed by atoms with Crippen LogP contribution in [0.5, 0.6) is 0 Å². The van der Waals surface area contributed by atoms with E-state index in [1.165, 1.54) is 53.9 Å². The van der Waals surface area contributed by atoms with Crippen LogP contribution in [0.4, 0.5) is 0 Å². The monoisotopic (exact) mass is 609 g/mol. The molecule has 48 heavy (non-hydrogen) atoms. The van der Waals surface area contributed by atoms with E-state index in [2.05, 4.69) is 146 Å². The van der Waals surface area contributed by atoms with Gasteiger partial charge < -0.3 is 0 Å². The van der Waals surface area contributed by atoms with Crippen molar-refractivity contribution < 1.29 is 0 Å². The van der Waals surface area contributed by atoms with E-state index in [1.54, 1.807) is 0 Å². The van der Waals surface area contributed by atoms with Gasteiger partial charge in [-0.25, -0.2) is 15.0 Å². The van der Waals surface area contributed by atoms with Crippen molar-refractivity contribution in [3.05, 3.63) is 164 Å². The molecule has 3 nitrogen and oxygen atoms in total. The Morgan fingerprint density at radius 1 is 0.229 bits per heavy atom. The summed E-state index contributed by atoms with van der Waals surface area (Å²) in [7, 11) is 0. The Hall–Kier alpha value is -6.45. The first-order valence-corrected chi connectivity index (χ1v) is 16.3. The molecule has 222 valence electrons. The average Bonchev–Trinajstić information content (AvgIpc) is 3.18. The summed E-state index contributed by atoms with van der Waals surface area (Å²) in [6.07, 6.45) is 0. The zero-order valence-corrected chi connectivity index (χ0v) is 25.9. The van der Waals surface area contributed by atoms with Gasteiger partial charge in [0, 0.05) is 27.5 Å². The lowest BCUT2D eigenvalue weighted by Crippen LogP contribution is -2.01. The van der Waals surface area contributed by atoms with Crippen LogP contribution in [0.1, 0.15) is 0 Å². The Morgan fingerprint density at radius 3 is 0.917 bits per heavy atom. The molecule has 0 N–H and O–H groups in total. The highest BCUT2D eigenvalue weighted by atomic mass is 15.0. The van der Waals surface area contributed by atoms with E-state index in [4.69, 9.17) is 15.0 Å². The molecule has 0 saturated carbocycles. The Kier molecular flexibility index (Phi) is 5.87. The van der Waals surface area contributed by atoms with Gasteiger partial charge in [0.2, 0.25) is 0 Å². The summed E-state index contributed by atoms with van der Waals surface area (Å²) < 4.78 is 0. The molecule has 0 bridgehead atoms. The second kappa shape index (κ2) is 10.5. The van der Waals surface area contributed by atoms with Crippen LogP contribution in [0, 0.1) is 0 Å². The van der Waals surface area contributed by atoms with E-state index in [1.807, 2.05) is 18.2 Å². The summed E-state index contributed by atoms with van der Waals surface area (Å²) in [6, 6.07) is 57.9. The van der Waals surface area contributed by atoms with Crippen LogP contribution >= 0.6 is 0 Å². The van der Waals surface area contributed by atoms with Gasteiger partial charge in [-0.05, 0) is 53.9 Å². The van der Waals surface area contributed by atoms with Crippen LogP contribution in [0.15, 0.2) is 164 Å². The van der Waals surface area contributed by atoms with Gasteiger partial charge in [-0.3, -0.25) is 0 Å². The lowest BCUT2D eigenvalue weighted by atomic mass is 9.91. The summed E-state index contributed by atoms with van der Waals surface area (Å²) in [4.78, 5) is 15.8. The van der Waals surface area contributed by atoms with Gasteiger partial charge in [-0.15, -0.1) is 0 Å². The molecule has 0 radical (unpaired) electrons. The van der Waals surface area contributed by atoms with Crippen LogP contribution < -0.4 is 0 Å². The second-order valence-corrected chi connectivity index (χ2v) is 12.3. The molecule has 0 amide bonds. The molecule has 0 spiro atoms. The third-order valence-corrected chi connectivity index (χ3v) is 9.69. The predicted octanol–water partition coefficient (Wildman–Crippen LogP) is 11.8. The average molecular weight is 610 g/mol. The summed E-state index contributed by atoms with van der Waals surface area (Å²) in [5, 5.41) is 14.4. The van der Waals surface area contributed by atoms with E-state index in [0.717, 1.165) is 27.5 Å². The minimum Gasteiger partial charge on any atom is -0.208 e. The van der Waals surface area contributed by atoms with Crippen molar-refractivity contribution >= 4 is 64.6 Å². The van der Waals surface area contributed by atoms with Crippen molar-refractivity contribution in [2.75, 3.05) is 0 Å². The van der Waals surface area contributed by atoms with Crippen LogP contribution in [-0.4, -0.2) is 15.0 Å². The normalized spacial score (nSPS) is 11.8. The maximum atomic E-state index is 5.35. The smallest absolute Gasteiger partial charge is 0.164 e. The van der Waals surface area contributed by atoms with Crippen molar-refractivity contribution in [1.29, 1.82) is 0 Å². The number of hydrogen-bond donors (Lipinski definition) is 0. The van der Waals surface area contributed by atoms with E-state index in [0.29, 0.717) is 17.5 Å². The Labute approximate surface area is 276 Å². The molecule has 1 aromatic heterocycles. The van der Waals surface area contributed by atoms with Crippen molar-refractivity contribution in [2.24, 2.45) is 0 Å². The zero-order valence-electron chi connectivity index (χ0n) is 25.9. The van der Waals surface area contributed by atoms with Crippen LogP contribution in [0.25, 0.3) is 98.8 Å². The van der Waals surface area contributed by atoms with Gasteiger partial charge in [0.1, 0.15) is 0 Å². The molecule has 10 aromatic rings. The van der Waals surface area contributed by atoms with Crippen molar-refractivity contribution in [3.63, 3.8) is 0 Å². The molecule has 0 saturated heterocycles. The molecule has 0 atom stereocenters. The molecule has 0 unspecified atom stereocenters. The Bertz CT molecular complexity index is 2630. The molecule has 0 aliphatic heterocycles. The summed E-state index contributed by atoms with van der Waals surface area (Å²) in [5.41, 5.74) is 2.94. The number of hydrogen-bond acceptors (Lipinski definition) is 3. The second-order valence-electron chi connectivity index (χ2n) is 12.3. The SMILES string of the molecule is c1ccc(-c2nc(-c3cccc4c5ccccc5c5ccccc5c34)nc(-c3cccc4c5ccccc5c5ccccc5c34)n2)cc1. The zero-order chi connectivity index (χ0) is 31.6. The van der Waals surface area contributed by atoms with Crippen LogP contribution in [0.3, 0.4) is 0 Å². The molecule has 3 heteroatoms. The summed E-state index contributed by atoms with van der Waals surface area (Å²) in [6.45, 7) is 0. The van der Waals surface area contributed by atoms with E-state index >= 15 is 0 Å². The number of benzene rings is 9. The van der Waals surface area contributed by atoms with Crippen LogP contribution in [0.2, 0.25) is 0 Å². The Balaban J connectivity index is 1.34. The highest BCUT2D eigenvalue weighted by molar-refractivity contribution is 6.29. The first kappa shape index (κ1) is 26.7. The van der Waals surface area contributed by atoms with Crippen LogP contribution in [-0.2, 0) is 0 Å². The third kappa shape index (κ3) is 3.98. The molecular weight excluding hydrogens is 583 g/mol. The lowest BCUT2D eigenvalue weighted by molar-refractivity contribution is 1.08. The molecule has 0 aliphatic rings. The van der Waals surface area contributed by atoms with Gasteiger partial charge in [-0.2, -0.15) is 0 Å². The van der Waals surface area contributed by atoms with Gasteiger partial charge in [0.25, 0.3) is 0 Å². The standard InChI is InChI=1S/C45H27N3/c1-2-14-28(15-3-1)43-46-44(39-26-12-24-37-33-18-6-4-16-29(33)31-20-8-10-22-35(31)41(37)39)48-45(47-43)40-27-13-25-38-34-19-7-5-17-30(34)32-21-9-11-23-36(32)42(38)40/h1-27H. The molecular formula is C45H27N3. The van der Waals surface area contributed by atoms with Gasteiger partial charge >= 0.3 is 0 Å². The van der Waals surface area contributed by atoms with Crippen molar-refractivity contribution in [1.82, 2.24) is 15.0 Å². The van der Waals surface area contributed by atoms with E-state index < -0.39 is 0 Å². The lowest BCUT2D eigenvalue weighted by Gasteiger charge is -2.16. The number of aromatic nitrogens is 3. The number of fused-ring (bicyclic) bond motifs is 12. The maximum absolute atomic E-state index is 5.35. The summed E-state index contributed by atoms with van der Waals surface area (Å²) in [5.74, 6) is 1.97. The molecule has 10 rings (SSSR count). The first-order valence-electron chi connectivity index (χ1n) is 16.3. The van der Waals surface area contributed by atoms with Crippen molar-refractivity contribution in [2.45, 2.75) is 0 Å². The highest BCUT2D eigenvalue weighted by Gasteiger charge is 2.20. The van der Waals surface area contributed by atoms with Crippen molar-refractivity contribution in [3.8, 4) is 34.2 Å². The number of nitrogens with zero attached hydrogens (tertiary/aromatic N) is 3. The predicted molar refractivity (Wildman–Crippen MR) is 201 cm³/mol. The highest BCUT2D eigenvalue weighted by Crippen LogP contribution is 2.42. The maximum Gasteiger partial charge on any atom is 0.164 e.